The summed E-state index contributed by atoms with van der Waals surface area (Å²) in [6, 6.07) is 5.77. The fourth-order valence-electron chi connectivity index (χ4n) is 2.86. The van der Waals surface area contributed by atoms with Crippen molar-refractivity contribution >= 4 is 34.2 Å². The molecule has 0 bridgehead atoms. The summed E-state index contributed by atoms with van der Waals surface area (Å²) in [5.41, 5.74) is 3.22. The number of hydrogen-bond donors (Lipinski definition) is 2. The quantitative estimate of drug-likeness (QED) is 0.595. The molecule has 0 radical (unpaired) electrons. The maximum absolute atomic E-state index is 5.44. The number of rotatable bonds is 3. The van der Waals surface area contributed by atoms with Crippen LogP contribution in [0.4, 0.5) is 0 Å². The highest BCUT2D eigenvalue weighted by molar-refractivity contribution is 6.11. The molecule has 3 heterocycles. The molecule has 3 aromatic heterocycles. The number of nitrogens with one attached hydrogen (secondary N) is 2. The lowest BCUT2D eigenvalue weighted by Gasteiger charge is -2.12. The number of pyridine rings is 1. The number of halogens is 1. The number of benzene rings is 1. The van der Waals surface area contributed by atoms with Crippen molar-refractivity contribution in [2.45, 2.75) is 6.92 Å². The van der Waals surface area contributed by atoms with E-state index in [1.807, 2.05) is 25.1 Å². The predicted molar refractivity (Wildman–Crippen MR) is 94.1 cm³/mol. The number of H-pyrrole nitrogens is 2. The molecule has 0 aliphatic rings. The molecule has 24 heavy (non-hydrogen) atoms. The average Bonchev–Trinajstić information content (AvgIpc) is 3.22. The topological polar surface area (TPSA) is 88.7 Å². The number of fused-ring (bicyclic) bond motifs is 3. The lowest BCUT2D eigenvalue weighted by atomic mass is 10.0. The normalized spacial score (nSPS) is 10.8. The lowest BCUT2D eigenvalue weighted by Crippen LogP contribution is -1.94. The van der Waals surface area contributed by atoms with Crippen molar-refractivity contribution in [3.63, 3.8) is 0 Å². The van der Waals surface area contributed by atoms with Crippen LogP contribution in [0.15, 0.2) is 24.4 Å². The van der Waals surface area contributed by atoms with Gasteiger partial charge in [0, 0.05) is 28.0 Å². The average molecular weight is 346 g/mol. The first-order valence-electron chi connectivity index (χ1n) is 7.13. The van der Waals surface area contributed by atoms with Crippen LogP contribution in [-0.4, -0.2) is 39.6 Å². The molecule has 124 valence electrons. The van der Waals surface area contributed by atoms with Gasteiger partial charge >= 0.3 is 0 Å². The second-order valence-electron chi connectivity index (χ2n) is 5.23. The smallest absolute Gasteiger partial charge is 0.182 e. The minimum atomic E-state index is 0. The fraction of sp³-hybridized carbons (Fsp3) is 0.188. The zero-order valence-electron chi connectivity index (χ0n) is 13.4. The van der Waals surface area contributed by atoms with E-state index in [1.54, 1.807) is 20.4 Å². The van der Waals surface area contributed by atoms with Gasteiger partial charge in [-0.3, -0.25) is 10.2 Å². The van der Waals surface area contributed by atoms with Crippen LogP contribution in [-0.2, 0) is 0 Å². The van der Waals surface area contributed by atoms with Crippen LogP contribution in [0.3, 0.4) is 0 Å². The molecular formula is C16H16ClN5O2. The summed E-state index contributed by atoms with van der Waals surface area (Å²) in [5.74, 6) is 1.33. The van der Waals surface area contributed by atoms with Gasteiger partial charge in [-0.05, 0) is 25.1 Å². The minimum Gasteiger partial charge on any atom is -0.493 e. The van der Waals surface area contributed by atoms with Gasteiger partial charge < -0.3 is 9.47 Å². The molecule has 2 N–H and O–H groups in total. The van der Waals surface area contributed by atoms with E-state index in [0.717, 1.165) is 33.2 Å². The molecule has 0 spiro atoms. The Labute approximate surface area is 143 Å². The van der Waals surface area contributed by atoms with E-state index >= 15 is 0 Å². The molecular weight excluding hydrogens is 330 g/mol. The summed E-state index contributed by atoms with van der Waals surface area (Å²) >= 11 is 0. The van der Waals surface area contributed by atoms with E-state index in [2.05, 4.69) is 25.4 Å². The SMILES string of the molecule is COc1cc2c(-c3ccn[nH]3)nc3n[nH]c(C)c3c2cc1OC.Cl. The third kappa shape index (κ3) is 2.25. The summed E-state index contributed by atoms with van der Waals surface area (Å²) in [7, 11) is 3.24. The van der Waals surface area contributed by atoms with Crippen LogP contribution in [0.1, 0.15) is 5.69 Å². The van der Waals surface area contributed by atoms with E-state index in [0.29, 0.717) is 17.1 Å². The molecule has 4 rings (SSSR count). The molecule has 4 aromatic rings. The highest BCUT2D eigenvalue weighted by Gasteiger charge is 2.18. The van der Waals surface area contributed by atoms with E-state index in [-0.39, 0.29) is 12.4 Å². The fourth-order valence-corrected chi connectivity index (χ4v) is 2.86. The third-order valence-corrected chi connectivity index (χ3v) is 3.95. The molecule has 0 fully saturated rings. The van der Waals surface area contributed by atoms with E-state index < -0.39 is 0 Å². The first-order chi connectivity index (χ1) is 11.2. The summed E-state index contributed by atoms with van der Waals surface area (Å²) in [5, 5.41) is 17.2. The van der Waals surface area contributed by atoms with Crippen LogP contribution in [0.2, 0.25) is 0 Å². The van der Waals surface area contributed by atoms with Crippen molar-refractivity contribution in [3.05, 3.63) is 30.1 Å². The Kier molecular flexibility index (Phi) is 4.02. The van der Waals surface area contributed by atoms with Crippen LogP contribution in [0, 0.1) is 6.92 Å². The van der Waals surface area contributed by atoms with Crippen molar-refractivity contribution in [2.24, 2.45) is 0 Å². The van der Waals surface area contributed by atoms with Crippen molar-refractivity contribution in [2.75, 3.05) is 14.2 Å². The number of hydrogen-bond acceptors (Lipinski definition) is 5. The molecule has 1 aromatic carbocycles. The number of aromatic amines is 2. The molecule has 8 heteroatoms. The van der Waals surface area contributed by atoms with E-state index in [4.69, 9.17) is 9.47 Å². The zero-order valence-corrected chi connectivity index (χ0v) is 14.2. The number of methoxy groups -OCH3 is 2. The van der Waals surface area contributed by atoms with Crippen LogP contribution >= 0.6 is 12.4 Å². The van der Waals surface area contributed by atoms with Crippen molar-refractivity contribution in [3.8, 4) is 22.9 Å². The van der Waals surface area contributed by atoms with Gasteiger partial charge in [0.25, 0.3) is 0 Å². The Balaban J connectivity index is 0.00000169. The summed E-state index contributed by atoms with van der Waals surface area (Å²) in [6.07, 6.45) is 1.70. The van der Waals surface area contributed by atoms with Crippen molar-refractivity contribution < 1.29 is 9.47 Å². The molecule has 0 atom stereocenters. The minimum absolute atomic E-state index is 0. The van der Waals surface area contributed by atoms with Crippen molar-refractivity contribution in [1.82, 2.24) is 25.4 Å². The standard InChI is InChI=1S/C16H15N5O2.ClH/c1-8-14-9-6-12(22-2)13(23-3)7-10(9)15(11-4-5-17-20-11)18-16(14)21-19-8;/h4-7H,1-3H3,(H,17,20)(H,18,19,21);1H. The largest absolute Gasteiger partial charge is 0.493 e. The number of nitrogens with zero attached hydrogens (tertiary/aromatic N) is 3. The number of ether oxygens (including phenoxy) is 2. The molecule has 7 nitrogen and oxygen atoms in total. The van der Waals surface area contributed by atoms with Gasteiger partial charge in [0.1, 0.15) is 0 Å². The molecule has 0 unspecified atom stereocenters. The zero-order chi connectivity index (χ0) is 16.0. The van der Waals surface area contributed by atoms with Gasteiger partial charge in [-0.25, -0.2) is 4.98 Å². The maximum Gasteiger partial charge on any atom is 0.182 e. The monoisotopic (exact) mass is 345 g/mol. The third-order valence-electron chi connectivity index (χ3n) is 3.95. The Bertz CT molecular complexity index is 1010. The van der Waals surface area contributed by atoms with Crippen LogP contribution < -0.4 is 9.47 Å². The maximum atomic E-state index is 5.44. The summed E-state index contributed by atoms with van der Waals surface area (Å²) in [4.78, 5) is 4.69. The lowest BCUT2D eigenvalue weighted by molar-refractivity contribution is 0.356. The van der Waals surface area contributed by atoms with E-state index in [9.17, 15) is 0 Å². The highest BCUT2D eigenvalue weighted by Crippen LogP contribution is 2.39. The summed E-state index contributed by atoms with van der Waals surface area (Å²) < 4.78 is 10.9. The molecule has 0 aliphatic heterocycles. The first kappa shape index (κ1) is 16.1. The van der Waals surface area contributed by atoms with Gasteiger partial charge in [0.05, 0.1) is 25.6 Å². The first-order valence-corrected chi connectivity index (χ1v) is 7.13. The van der Waals surface area contributed by atoms with Gasteiger partial charge in [0.15, 0.2) is 17.1 Å². The molecule has 0 saturated heterocycles. The Hall–Kier alpha value is -2.80. The van der Waals surface area contributed by atoms with Gasteiger partial charge in [-0.2, -0.15) is 10.2 Å². The van der Waals surface area contributed by atoms with Crippen LogP contribution in [0.5, 0.6) is 11.5 Å². The van der Waals surface area contributed by atoms with Gasteiger partial charge in [-0.1, -0.05) is 0 Å². The van der Waals surface area contributed by atoms with Crippen LogP contribution in [0.25, 0.3) is 33.2 Å². The second kappa shape index (κ2) is 6.01. The van der Waals surface area contributed by atoms with Gasteiger partial charge in [-0.15, -0.1) is 12.4 Å². The highest BCUT2D eigenvalue weighted by atomic mass is 35.5. The molecule has 0 amide bonds. The van der Waals surface area contributed by atoms with Gasteiger partial charge in [0.2, 0.25) is 0 Å². The molecule has 0 saturated carbocycles. The van der Waals surface area contributed by atoms with E-state index in [1.165, 1.54) is 0 Å². The Morgan fingerprint density at radius 3 is 2.33 bits per heavy atom. The molecule has 0 aliphatic carbocycles. The number of aromatic nitrogens is 5. The number of aryl methyl sites for hydroxylation is 1. The summed E-state index contributed by atoms with van der Waals surface area (Å²) in [6.45, 7) is 1.98. The Morgan fingerprint density at radius 2 is 1.71 bits per heavy atom. The second-order valence-corrected chi connectivity index (χ2v) is 5.23. The van der Waals surface area contributed by atoms with Crippen molar-refractivity contribution in [1.29, 1.82) is 0 Å². The predicted octanol–water partition coefficient (Wildman–Crippen LogP) is 3.25. The Morgan fingerprint density at radius 1 is 1.00 bits per heavy atom.